The third-order valence-electron chi connectivity index (χ3n) is 5.57. The predicted molar refractivity (Wildman–Crippen MR) is 141 cm³/mol. The summed E-state index contributed by atoms with van der Waals surface area (Å²) in [5.41, 5.74) is 5.12. The molecule has 1 aromatic heterocycles. The zero-order chi connectivity index (χ0) is 24.2. The molecule has 4 aromatic rings. The van der Waals surface area contributed by atoms with Crippen molar-refractivity contribution in [1.82, 2.24) is 9.88 Å². The van der Waals surface area contributed by atoms with Gasteiger partial charge in [-0.1, -0.05) is 75.5 Å². The summed E-state index contributed by atoms with van der Waals surface area (Å²) in [5.74, 6) is -0.244. The Hall–Kier alpha value is -3.04. The molecule has 34 heavy (non-hydrogen) atoms. The van der Waals surface area contributed by atoms with Crippen LogP contribution in [0, 0.1) is 18.3 Å². The fraction of sp³-hybridized carbons (Fsp3) is 0.111. The molecule has 170 valence electrons. The molecule has 0 aliphatic rings. The van der Waals surface area contributed by atoms with Crippen LogP contribution in [0.15, 0.2) is 77.3 Å². The number of carbonyl (C=O) groups is 1. The van der Waals surface area contributed by atoms with Gasteiger partial charge in [0, 0.05) is 27.3 Å². The first-order chi connectivity index (χ1) is 16.4. The molecule has 0 saturated heterocycles. The van der Waals surface area contributed by atoms with Gasteiger partial charge < -0.3 is 9.88 Å². The highest BCUT2D eigenvalue weighted by atomic mass is 79.9. The second-order valence-electron chi connectivity index (χ2n) is 7.73. The molecule has 1 amide bonds. The average Bonchev–Trinajstić information content (AvgIpc) is 3.11. The zero-order valence-corrected chi connectivity index (χ0v) is 21.4. The van der Waals surface area contributed by atoms with Crippen LogP contribution >= 0.6 is 39.1 Å². The van der Waals surface area contributed by atoms with Gasteiger partial charge in [-0.05, 0) is 54.4 Å². The molecule has 0 unspecified atom stereocenters. The monoisotopic (exact) mass is 551 g/mol. The molecule has 0 bridgehead atoms. The Morgan fingerprint density at radius 1 is 1.03 bits per heavy atom. The largest absolute Gasteiger partial charge is 0.348 e. The number of aromatic nitrogens is 1. The van der Waals surface area contributed by atoms with E-state index in [9.17, 15) is 10.1 Å². The van der Waals surface area contributed by atoms with Crippen molar-refractivity contribution in [2.45, 2.75) is 19.9 Å². The fourth-order valence-corrected chi connectivity index (χ4v) is 4.63. The van der Waals surface area contributed by atoms with Gasteiger partial charge in [-0.15, -0.1) is 0 Å². The van der Waals surface area contributed by atoms with Crippen molar-refractivity contribution in [3.63, 3.8) is 0 Å². The van der Waals surface area contributed by atoms with Crippen LogP contribution in [0.25, 0.3) is 16.9 Å². The van der Waals surface area contributed by atoms with Gasteiger partial charge in [-0.2, -0.15) is 5.26 Å². The van der Waals surface area contributed by atoms with Gasteiger partial charge in [0.15, 0.2) is 0 Å². The van der Waals surface area contributed by atoms with Crippen molar-refractivity contribution in [1.29, 1.82) is 5.26 Å². The summed E-state index contributed by atoms with van der Waals surface area (Å²) >= 11 is 16.1. The molecule has 7 heteroatoms. The molecule has 0 spiro atoms. The highest BCUT2D eigenvalue weighted by Crippen LogP contribution is 2.37. The number of nitrogens with zero attached hydrogens (tertiary/aromatic N) is 2. The standard InChI is InChI=1S/C27H20BrCl2N3O/c1-17-25(27(34)32-16-18-6-10-20(28)11-7-18)22(14-15-31)26(19-8-12-21(29)13-9-19)33(17)24-5-3-2-4-23(24)30/h2-13H,14,16H2,1H3,(H,32,34). The van der Waals surface area contributed by atoms with Crippen molar-refractivity contribution in [3.8, 4) is 23.0 Å². The molecule has 1 N–H and O–H groups in total. The second-order valence-corrected chi connectivity index (χ2v) is 9.48. The zero-order valence-electron chi connectivity index (χ0n) is 18.3. The van der Waals surface area contributed by atoms with Gasteiger partial charge in [0.2, 0.25) is 0 Å². The van der Waals surface area contributed by atoms with E-state index in [2.05, 4.69) is 27.3 Å². The van der Waals surface area contributed by atoms with Crippen LogP contribution in [-0.2, 0) is 13.0 Å². The number of halogens is 3. The second kappa shape index (κ2) is 10.5. The van der Waals surface area contributed by atoms with Gasteiger partial charge in [-0.3, -0.25) is 4.79 Å². The van der Waals surface area contributed by atoms with Crippen LogP contribution in [0.3, 0.4) is 0 Å². The summed E-state index contributed by atoms with van der Waals surface area (Å²) in [7, 11) is 0. The molecule has 0 radical (unpaired) electrons. The number of hydrogen-bond acceptors (Lipinski definition) is 2. The van der Waals surface area contributed by atoms with Crippen LogP contribution in [0.1, 0.15) is 27.2 Å². The van der Waals surface area contributed by atoms with E-state index in [4.69, 9.17) is 23.2 Å². The van der Waals surface area contributed by atoms with Crippen LogP contribution in [0.4, 0.5) is 0 Å². The number of rotatable bonds is 6. The Morgan fingerprint density at radius 3 is 2.35 bits per heavy atom. The van der Waals surface area contributed by atoms with Crippen molar-refractivity contribution < 1.29 is 4.79 Å². The van der Waals surface area contributed by atoms with E-state index in [1.807, 2.05) is 66.1 Å². The number of hydrogen-bond donors (Lipinski definition) is 1. The molecular weight excluding hydrogens is 533 g/mol. The van der Waals surface area contributed by atoms with Crippen LogP contribution in [0.2, 0.25) is 10.0 Å². The molecule has 4 rings (SSSR count). The smallest absolute Gasteiger partial charge is 0.253 e. The van der Waals surface area contributed by atoms with Crippen LogP contribution in [0.5, 0.6) is 0 Å². The van der Waals surface area contributed by atoms with E-state index in [0.29, 0.717) is 33.4 Å². The van der Waals surface area contributed by atoms with Crippen molar-refractivity contribution in [2.75, 3.05) is 0 Å². The maximum atomic E-state index is 13.5. The van der Waals surface area contributed by atoms with E-state index in [1.165, 1.54) is 0 Å². The molecule has 1 heterocycles. The van der Waals surface area contributed by atoms with Crippen molar-refractivity contribution >= 4 is 45.0 Å². The molecule has 0 saturated carbocycles. The SMILES string of the molecule is Cc1c(C(=O)NCc2ccc(Br)cc2)c(CC#N)c(-c2ccc(Cl)cc2)n1-c1ccccc1Cl. The minimum absolute atomic E-state index is 0.0668. The first-order valence-electron chi connectivity index (χ1n) is 10.5. The number of carbonyl (C=O) groups excluding carboxylic acids is 1. The number of nitriles is 1. The molecule has 4 nitrogen and oxygen atoms in total. The lowest BCUT2D eigenvalue weighted by Gasteiger charge is -2.14. The quantitative estimate of drug-likeness (QED) is 0.269. The number of amides is 1. The minimum atomic E-state index is -0.244. The Balaban J connectivity index is 1.87. The summed E-state index contributed by atoms with van der Waals surface area (Å²) in [4.78, 5) is 13.5. The first-order valence-corrected chi connectivity index (χ1v) is 12.1. The minimum Gasteiger partial charge on any atom is -0.348 e. The van der Waals surface area contributed by atoms with E-state index in [-0.39, 0.29) is 12.3 Å². The topological polar surface area (TPSA) is 57.8 Å². The van der Waals surface area contributed by atoms with Crippen molar-refractivity contribution in [3.05, 3.63) is 110 Å². The van der Waals surface area contributed by atoms with E-state index in [1.54, 1.807) is 18.2 Å². The third kappa shape index (κ3) is 4.90. The van der Waals surface area contributed by atoms with E-state index >= 15 is 0 Å². The number of nitrogens with one attached hydrogen (secondary N) is 1. The molecule has 0 aliphatic carbocycles. The summed E-state index contributed by atoms with van der Waals surface area (Å²) in [6, 6.07) is 24.8. The highest BCUT2D eigenvalue weighted by molar-refractivity contribution is 9.10. The number of para-hydroxylation sites is 1. The Bertz CT molecular complexity index is 1390. The predicted octanol–water partition coefficient (Wildman–Crippen LogP) is 7.52. The fourth-order valence-electron chi connectivity index (χ4n) is 4.02. The van der Waals surface area contributed by atoms with Crippen LogP contribution < -0.4 is 5.32 Å². The Morgan fingerprint density at radius 2 is 1.71 bits per heavy atom. The lowest BCUT2D eigenvalue weighted by atomic mass is 10.0. The highest BCUT2D eigenvalue weighted by Gasteiger charge is 2.27. The van der Waals surface area contributed by atoms with E-state index < -0.39 is 0 Å². The van der Waals surface area contributed by atoms with Crippen molar-refractivity contribution in [2.24, 2.45) is 0 Å². The number of benzene rings is 3. The lowest BCUT2D eigenvalue weighted by molar-refractivity contribution is 0.0949. The normalized spacial score (nSPS) is 10.7. The molecular formula is C27H20BrCl2N3O. The Labute approximate surface area is 216 Å². The summed E-state index contributed by atoms with van der Waals surface area (Å²) in [5, 5.41) is 13.8. The van der Waals surface area contributed by atoms with Crippen LogP contribution in [-0.4, -0.2) is 10.5 Å². The van der Waals surface area contributed by atoms with Gasteiger partial charge in [0.25, 0.3) is 5.91 Å². The van der Waals surface area contributed by atoms with Gasteiger partial charge in [0.1, 0.15) is 0 Å². The maximum Gasteiger partial charge on any atom is 0.253 e. The molecule has 0 aliphatic heterocycles. The van der Waals surface area contributed by atoms with Gasteiger partial charge in [0.05, 0.1) is 34.5 Å². The molecule has 0 fully saturated rings. The van der Waals surface area contributed by atoms with E-state index in [0.717, 1.165) is 27.0 Å². The lowest BCUT2D eigenvalue weighted by Crippen LogP contribution is -2.24. The first kappa shape index (κ1) is 24.1. The van der Waals surface area contributed by atoms with Gasteiger partial charge in [-0.25, -0.2) is 0 Å². The summed E-state index contributed by atoms with van der Waals surface area (Å²) in [6.07, 6.45) is 0.0668. The average molecular weight is 553 g/mol. The summed E-state index contributed by atoms with van der Waals surface area (Å²) < 4.78 is 2.92. The third-order valence-corrected chi connectivity index (χ3v) is 6.67. The Kier molecular flexibility index (Phi) is 7.43. The maximum absolute atomic E-state index is 13.5. The van der Waals surface area contributed by atoms with Gasteiger partial charge >= 0.3 is 0 Å². The summed E-state index contributed by atoms with van der Waals surface area (Å²) in [6.45, 7) is 2.24. The molecule has 0 atom stereocenters. The molecule has 3 aromatic carbocycles.